The summed E-state index contributed by atoms with van der Waals surface area (Å²) in [4.78, 5) is 11.6. The lowest BCUT2D eigenvalue weighted by Gasteiger charge is -2.07. The van der Waals surface area contributed by atoms with E-state index in [1.807, 2.05) is 0 Å². The molecule has 1 aromatic heterocycles. The molecule has 0 saturated heterocycles. The number of halogens is 1. The van der Waals surface area contributed by atoms with Gasteiger partial charge in [-0.05, 0) is 17.7 Å². The molecule has 2 N–H and O–H groups in total. The zero-order chi connectivity index (χ0) is 13.0. The summed E-state index contributed by atoms with van der Waals surface area (Å²) in [6, 6.07) is 7.41. The smallest absolute Gasteiger partial charge is 0.320 e. The maximum absolute atomic E-state index is 12.9. The predicted molar refractivity (Wildman–Crippen MR) is 65.5 cm³/mol. The largest absolute Gasteiger partial charge is 0.334 e. The molecule has 0 aliphatic heterocycles. The van der Waals surface area contributed by atoms with Crippen molar-refractivity contribution in [2.75, 3.05) is 5.32 Å². The Morgan fingerprint density at radius 2 is 2.28 bits per heavy atom. The second-order valence-electron chi connectivity index (χ2n) is 3.78. The van der Waals surface area contributed by atoms with Crippen molar-refractivity contribution >= 4 is 11.8 Å². The van der Waals surface area contributed by atoms with E-state index < -0.39 is 0 Å². The molecule has 0 unspecified atom stereocenters. The number of nitrogens with one attached hydrogen (secondary N) is 2. The molecule has 2 rings (SSSR count). The van der Waals surface area contributed by atoms with Gasteiger partial charge in [0.15, 0.2) is 0 Å². The molecule has 6 heteroatoms. The van der Waals surface area contributed by atoms with Crippen molar-refractivity contribution in [3.05, 3.63) is 47.9 Å². The molecule has 2 aromatic rings. The molecule has 0 saturated carbocycles. The third kappa shape index (κ3) is 3.07. The molecular weight excluding hydrogens is 235 g/mol. The molecule has 2 amide bonds. The van der Waals surface area contributed by atoms with Gasteiger partial charge in [0.05, 0.1) is 6.20 Å². The number of aromatic nitrogens is 2. The highest BCUT2D eigenvalue weighted by Crippen LogP contribution is 2.04. The maximum Gasteiger partial charge on any atom is 0.320 e. The molecule has 18 heavy (non-hydrogen) atoms. The summed E-state index contributed by atoms with van der Waals surface area (Å²) in [5.41, 5.74) is 0.704. The van der Waals surface area contributed by atoms with E-state index in [1.54, 1.807) is 36.1 Å². The highest BCUT2D eigenvalue weighted by molar-refractivity contribution is 5.88. The van der Waals surface area contributed by atoms with Crippen molar-refractivity contribution in [2.45, 2.75) is 6.54 Å². The van der Waals surface area contributed by atoms with Crippen LogP contribution in [0, 0.1) is 5.82 Å². The number of carbonyl (C=O) groups excluding carboxylic acids is 1. The minimum absolute atomic E-state index is 0.265. The number of aryl methyl sites for hydroxylation is 1. The number of hydrogen-bond donors (Lipinski definition) is 2. The number of benzene rings is 1. The number of anilines is 1. The van der Waals surface area contributed by atoms with Gasteiger partial charge >= 0.3 is 6.03 Å². The summed E-state index contributed by atoms with van der Waals surface area (Å²) in [6.07, 6.45) is 1.59. The standard InChI is InChI=1S/C12H13FN4O/c1-17-11(5-6-15-17)16-12(18)14-8-9-3-2-4-10(13)7-9/h2-7H,8H2,1H3,(H2,14,16,18). The summed E-state index contributed by atoms with van der Waals surface area (Å²) in [5, 5.41) is 9.19. The van der Waals surface area contributed by atoms with Gasteiger partial charge in [-0.3, -0.25) is 10.00 Å². The quantitative estimate of drug-likeness (QED) is 0.871. The first-order valence-electron chi connectivity index (χ1n) is 5.42. The van der Waals surface area contributed by atoms with Crippen LogP contribution in [0.2, 0.25) is 0 Å². The number of amides is 2. The average molecular weight is 248 g/mol. The van der Waals surface area contributed by atoms with Crippen molar-refractivity contribution in [1.82, 2.24) is 15.1 Å². The van der Waals surface area contributed by atoms with Crippen LogP contribution in [-0.4, -0.2) is 15.8 Å². The Bertz CT molecular complexity index is 553. The van der Waals surface area contributed by atoms with Gasteiger partial charge in [-0.1, -0.05) is 12.1 Å². The molecule has 5 nitrogen and oxygen atoms in total. The number of urea groups is 1. The predicted octanol–water partition coefficient (Wildman–Crippen LogP) is 1.88. The third-order valence-electron chi connectivity index (χ3n) is 2.40. The van der Waals surface area contributed by atoms with E-state index in [0.29, 0.717) is 11.4 Å². The minimum atomic E-state index is -0.358. The highest BCUT2D eigenvalue weighted by atomic mass is 19.1. The van der Waals surface area contributed by atoms with E-state index in [1.165, 1.54) is 12.1 Å². The lowest BCUT2D eigenvalue weighted by molar-refractivity contribution is 0.251. The number of carbonyl (C=O) groups is 1. The highest BCUT2D eigenvalue weighted by Gasteiger charge is 2.04. The van der Waals surface area contributed by atoms with Crippen LogP contribution in [0.5, 0.6) is 0 Å². The van der Waals surface area contributed by atoms with Gasteiger partial charge in [0.2, 0.25) is 0 Å². The molecular formula is C12H13FN4O. The average Bonchev–Trinajstić information content (AvgIpc) is 2.73. The van der Waals surface area contributed by atoms with E-state index in [0.717, 1.165) is 0 Å². The van der Waals surface area contributed by atoms with Gasteiger partial charge in [0.1, 0.15) is 11.6 Å². The molecule has 0 spiro atoms. The summed E-state index contributed by atoms with van der Waals surface area (Å²) >= 11 is 0. The van der Waals surface area contributed by atoms with Crippen LogP contribution in [0.3, 0.4) is 0 Å². The number of nitrogens with zero attached hydrogens (tertiary/aromatic N) is 2. The summed E-state index contributed by atoms with van der Waals surface area (Å²) in [5.74, 6) is 0.271. The van der Waals surface area contributed by atoms with E-state index in [9.17, 15) is 9.18 Å². The van der Waals surface area contributed by atoms with Gasteiger partial charge < -0.3 is 5.32 Å². The lowest BCUT2D eigenvalue weighted by atomic mass is 10.2. The van der Waals surface area contributed by atoms with Crippen LogP contribution in [0.1, 0.15) is 5.56 Å². The van der Waals surface area contributed by atoms with E-state index in [-0.39, 0.29) is 18.4 Å². The van der Waals surface area contributed by atoms with Crippen molar-refractivity contribution in [2.24, 2.45) is 7.05 Å². The van der Waals surface area contributed by atoms with Gasteiger partial charge in [-0.25, -0.2) is 9.18 Å². The Morgan fingerprint density at radius 3 is 2.94 bits per heavy atom. The summed E-state index contributed by atoms with van der Waals surface area (Å²) < 4.78 is 14.5. The van der Waals surface area contributed by atoms with Crippen molar-refractivity contribution < 1.29 is 9.18 Å². The molecule has 0 radical (unpaired) electrons. The van der Waals surface area contributed by atoms with Gasteiger partial charge in [0.25, 0.3) is 0 Å². The monoisotopic (exact) mass is 248 g/mol. The minimum Gasteiger partial charge on any atom is -0.334 e. The Morgan fingerprint density at radius 1 is 1.44 bits per heavy atom. The van der Waals surface area contributed by atoms with Crippen molar-refractivity contribution in [1.29, 1.82) is 0 Å². The fraction of sp³-hybridized carbons (Fsp3) is 0.167. The van der Waals surface area contributed by atoms with E-state index in [4.69, 9.17) is 0 Å². The maximum atomic E-state index is 12.9. The second-order valence-corrected chi connectivity index (χ2v) is 3.78. The van der Waals surface area contributed by atoms with E-state index >= 15 is 0 Å². The zero-order valence-electron chi connectivity index (χ0n) is 9.85. The SMILES string of the molecule is Cn1nccc1NC(=O)NCc1cccc(F)c1. The summed E-state index contributed by atoms with van der Waals surface area (Å²) in [7, 11) is 1.72. The molecule has 0 aliphatic carbocycles. The number of rotatable bonds is 3. The van der Waals surface area contributed by atoms with Gasteiger partial charge in [-0.15, -0.1) is 0 Å². The zero-order valence-corrected chi connectivity index (χ0v) is 9.85. The molecule has 0 fully saturated rings. The van der Waals surface area contributed by atoms with Crippen LogP contribution in [-0.2, 0) is 13.6 Å². The Labute approximate surface area is 104 Å². The fourth-order valence-corrected chi connectivity index (χ4v) is 1.49. The fourth-order valence-electron chi connectivity index (χ4n) is 1.49. The van der Waals surface area contributed by atoms with Crippen LogP contribution in [0.4, 0.5) is 15.0 Å². The van der Waals surface area contributed by atoms with Crippen LogP contribution in [0.15, 0.2) is 36.5 Å². The van der Waals surface area contributed by atoms with Crippen LogP contribution in [0.25, 0.3) is 0 Å². The topological polar surface area (TPSA) is 59.0 Å². The summed E-state index contributed by atoms with van der Waals surface area (Å²) in [6.45, 7) is 0.265. The van der Waals surface area contributed by atoms with E-state index in [2.05, 4.69) is 15.7 Å². The molecule has 1 heterocycles. The first-order chi connectivity index (χ1) is 8.65. The first kappa shape index (κ1) is 12.1. The van der Waals surface area contributed by atoms with Crippen molar-refractivity contribution in [3.63, 3.8) is 0 Å². The van der Waals surface area contributed by atoms with Crippen molar-refractivity contribution in [3.8, 4) is 0 Å². The lowest BCUT2D eigenvalue weighted by Crippen LogP contribution is -2.29. The Kier molecular flexibility index (Phi) is 3.57. The van der Waals surface area contributed by atoms with Crippen LogP contribution >= 0.6 is 0 Å². The van der Waals surface area contributed by atoms with Gasteiger partial charge in [-0.2, -0.15) is 5.10 Å². The second kappa shape index (κ2) is 5.31. The molecule has 0 bridgehead atoms. The molecule has 0 aliphatic rings. The first-order valence-corrected chi connectivity index (χ1v) is 5.42. The molecule has 94 valence electrons. The number of hydrogen-bond acceptors (Lipinski definition) is 2. The van der Waals surface area contributed by atoms with Gasteiger partial charge in [0, 0.05) is 19.7 Å². The van der Waals surface area contributed by atoms with Crippen LogP contribution < -0.4 is 10.6 Å². The third-order valence-corrected chi connectivity index (χ3v) is 2.40. The molecule has 0 atom stereocenters. The Balaban J connectivity index is 1.87. The molecule has 1 aromatic carbocycles. The normalized spacial score (nSPS) is 10.1. The Hall–Kier alpha value is -2.37.